The molecule has 6 nitrogen and oxygen atoms in total. The molecule has 23 heavy (non-hydrogen) atoms. The number of hydrogen-bond acceptors (Lipinski definition) is 4. The van der Waals surface area contributed by atoms with Crippen LogP contribution in [0.5, 0.6) is 0 Å². The van der Waals surface area contributed by atoms with E-state index in [-0.39, 0.29) is 10.8 Å². The summed E-state index contributed by atoms with van der Waals surface area (Å²) in [5.74, 6) is 1.91. The SMILES string of the molecule is C[C@@]1(CNC(=O)NCc2cccc(-c3ncn[nH]3)c2)CCCS1. The maximum atomic E-state index is 12.0. The fourth-order valence-corrected chi connectivity index (χ4v) is 3.91. The minimum absolute atomic E-state index is 0.121. The lowest BCUT2D eigenvalue weighted by Crippen LogP contribution is -2.42. The number of nitrogens with one attached hydrogen (secondary N) is 3. The van der Waals surface area contributed by atoms with Crippen molar-refractivity contribution in [1.29, 1.82) is 0 Å². The van der Waals surface area contributed by atoms with Gasteiger partial charge in [-0.25, -0.2) is 9.78 Å². The predicted molar refractivity (Wildman–Crippen MR) is 92.2 cm³/mol. The lowest BCUT2D eigenvalue weighted by atomic mass is 10.1. The zero-order valence-corrected chi connectivity index (χ0v) is 13.9. The standard InChI is InChI=1S/C16H21N5OS/c1-16(6-3-7-23-16)10-18-15(22)17-9-12-4-2-5-13(8-12)14-19-11-20-21-14/h2,4-5,8,11H,3,6-7,9-10H2,1H3,(H2,17,18,22)(H,19,20,21)/t16-/m0/s1. The molecule has 2 amide bonds. The molecule has 122 valence electrons. The van der Waals surface area contributed by atoms with Gasteiger partial charge in [0, 0.05) is 23.4 Å². The second-order valence-electron chi connectivity index (χ2n) is 5.97. The summed E-state index contributed by atoms with van der Waals surface area (Å²) in [7, 11) is 0. The van der Waals surface area contributed by atoms with Crippen LogP contribution in [-0.4, -0.2) is 38.3 Å². The van der Waals surface area contributed by atoms with E-state index in [1.54, 1.807) is 0 Å². The third-order valence-corrected chi connectivity index (χ3v) is 5.53. The van der Waals surface area contributed by atoms with E-state index in [2.05, 4.69) is 32.7 Å². The highest BCUT2D eigenvalue weighted by molar-refractivity contribution is 8.00. The molecule has 1 atom stereocenters. The Balaban J connectivity index is 1.50. The van der Waals surface area contributed by atoms with E-state index in [0.29, 0.717) is 13.1 Å². The highest BCUT2D eigenvalue weighted by Crippen LogP contribution is 2.36. The fourth-order valence-electron chi connectivity index (χ4n) is 2.66. The van der Waals surface area contributed by atoms with Crippen molar-refractivity contribution in [3.8, 4) is 11.4 Å². The van der Waals surface area contributed by atoms with Gasteiger partial charge in [0.25, 0.3) is 0 Å². The second-order valence-corrected chi connectivity index (χ2v) is 7.66. The minimum Gasteiger partial charge on any atom is -0.337 e. The van der Waals surface area contributed by atoms with Crippen molar-refractivity contribution in [3.05, 3.63) is 36.2 Å². The average Bonchev–Trinajstić information content (AvgIpc) is 3.23. The smallest absolute Gasteiger partial charge is 0.315 e. The van der Waals surface area contributed by atoms with Crippen LogP contribution in [0.25, 0.3) is 11.4 Å². The summed E-state index contributed by atoms with van der Waals surface area (Å²) < 4.78 is 0.184. The number of aromatic amines is 1. The monoisotopic (exact) mass is 331 g/mol. The summed E-state index contributed by atoms with van der Waals surface area (Å²) in [4.78, 5) is 16.1. The number of aromatic nitrogens is 3. The van der Waals surface area contributed by atoms with E-state index in [9.17, 15) is 4.79 Å². The van der Waals surface area contributed by atoms with Crippen LogP contribution in [0.4, 0.5) is 4.79 Å². The van der Waals surface area contributed by atoms with Crippen LogP contribution in [0.3, 0.4) is 0 Å². The maximum absolute atomic E-state index is 12.0. The molecule has 1 fully saturated rings. The van der Waals surface area contributed by atoms with Crippen molar-refractivity contribution in [1.82, 2.24) is 25.8 Å². The van der Waals surface area contributed by atoms with E-state index >= 15 is 0 Å². The Morgan fingerprint density at radius 1 is 1.43 bits per heavy atom. The minimum atomic E-state index is -0.121. The Morgan fingerprint density at radius 3 is 3.09 bits per heavy atom. The molecule has 2 aromatic rings. The molecule has 0 radical (unpaired) electrons. The molecule has 0 spiro atoms. The molecule has 3 rings (SSSR count). The predicted octanol–water partition coefficient (Wildman–Crippen LogP) is 2.56. The number of carbonyl (C=O) groups is 1. The quantitative estimate of drug-likeness (QED) is 0.786. The Bertz CT molecular complexity index is 652. The zero-order chi connectivity index (χ0) is 16.1. The summed E-state index contributed by atoms with van der Waals surface area (Å²) in [6, 6.07) is 7.76. The van der Waals surface area contributed by atoms with Gasteiger partial charge in [-0.15, -0.1) is 0 Å². The Labute approximate surface area is 139 Å². The highest BCUT2D eigenvalue weighted by Gasteiger charge is 2.29. The molecule has 1 aliphatic heterocycles. The number of nitrogens with zero attached hydrogens (tertiary/aromatic N) is 2. The number of H-pyrrole nitrogens is 1. The van der Waals surface area contributed by atoms with Crippen molar-refractivity contribution < 1.29 is 4.79 Å². The van der Waals surface area contributed by atoms with Crippen LogP contribution >= 0.6 is 11.8 Å². The molecular formula is C16H21N5OS. The third-order valence-electron chi connectivity index (χ3n) is 3.99. The number of carbonyl (C=O) groups excluding carboxylic acids is 1. The van der Waals surface area contributed by atoms with Gasteiger partial charge in [0.05, 0.1) is 0 Å². The van der Waals surface area contributed by atoms with Gasteiger partial charge in [-0.2, -0.15) is 16.9 Å². The molecule has 0 saturated carbocycles. The van der Waals surface area contributed by atoms with E-state index in [1.807, 2.05) is 36.0 Å². The summed E-state index contributed by atoms with van der Waals surface area (Å²) in [6.45, 7) is 3.41. The van der Waals surface area contributed by atoms with Crippen molar-refractivity contribution in [2.24, 2.45) is 0 Å². The first kappa shape index (κ1) is 15.9. The van der Waals surface area contributed by atoms with Crippen LogP contribution in [0.15, 0.2) is 30.6 Å². The lowest BCUT2D eigenvalue weighted by molar-refractivity contribution is 0.239. The van der Waals surface area contributed by atoms with Crippen molar-refractivity contribution in [2.75, 3.05) is 12.3 Å². The van der Waals surface area contributed by atoms with Gasteiger partial charge in [-0.3, -0.25) is 5.10 Å². The molecule has 3 N–H and O–H groups in total. The van der Waals surface area contributed by atoms with Crippen LogP contribution in [0, 0.1) is 0 Å². The van der Waals surface area contributed by atoms with Gasteiger partial charge in [0.2, 0.25) is 0 Å². The van der Waals surface area contributed by atoms with E-state index in [0.717, 1.165) is 23.4 Å². The molecule has 1 aromatic carbocycles. The molecular weight excluding hydrogens is 310 g/mol. The van der Waals surface area contributed by atoms with Gasteiger partial charge in [0.15, 0.2) is 5.82 Å². The van der Waals surface area contributed by atoms with E-state index in [4.69, 9.17) is 0 Å². The topological polar surface area (TPSA) is 82.7 Å². The number of rotatable bonds is 5. The fraction of sp³-hybridized carbons (Fsp3) is 0.438. The Kier molecular flexibility index (Phi) is 4.85. The molecule has 0 aliphatic carbocycles. The molecule has 1 aromatic heterocycles. The summed E-state index contributed by atoms with van der Waals surface area (Å²) >= 11 is 1.94. The van der Waals surface area contributed by atoms with Crippen molar-refractivity contribution in [3.63, 3.8) is 0 Å². The van der Waals surface area contributed by atoms with Crippen molar-refractivity contribution >= 4 is 17.8 Å². The molecule has 2 heterocycles. The van der Waals surface area contributed by atoms with E-state index < -0.39 is 0 Å². The van der Waals surface area contributed by atoms with Crippen LogP contribution in [0.2, 0.25) is 0 Å². The van der Waals surface area contributed by atoms with Crippen LogP contribution in [0.1, 0.15) is 25.3 Å². The van der Waals surface area contributed by atoms with Gasteiger partial charge in [-0.1, -0.05) is 18.2 Å². The number of amides is 2. The van der Waals surface area contributed by atoms with Gasteiger partial charge >= 0.3 is 6.03 Å². The summed E-state index contributed by atoms with van der Waals surface area (Å²) in [6.07, 6.45) is 3.88. The maximum Gasteiger partial charge on any atom is 0.315 e. The van der Waals surface area contributed by atoms with Gasteiger partial charge in [-0.05, 0) is 37.1 Å². The average molecular weight is 331 g/mol. The van der Waals surface area contributed by atoms with Crippen LogP contribution < -0.4 is 10.6 Å². The number of benzene rings is 1. The molecule has 0 bridgehead atoms. The number of thioether (sulfide) groups is 1. The van der Waals surface area contributed by atoms with Gasteiger partial charge in [0.1, 0.15) is 6.33 Å². The van der Waals surface area contributed by atoms with Gasteiger partial charge < -0.3 is 10.6 Å². The third kappa shape index (κ3) is 4.25. The molecule has 1 saturated heterocycles. The number of hydrogen-bond donors (Lipinski definition) is 3. The highest BCUT2D eigenvalue weighted by atomic mass is 32.2. The Morgan fingerprint density at radius 2 is 2.35 bits per heavy atom. The first-order chi connectivity index (χ1) is 11.1. The summed E-state index contributed by atoms with van der Waals surface area (Å²) in [5.41, 5.74) is 1.98. The molecule has 1 aliphatic rings. The Hall–Kier alpha value is -2.02. The first-order valence-electron chi connectivity index (χ1n) is 7.75. The zero-order valence-electron chi connectivity index (χ0n) is 13.1. The molecule has 0 unspecified atom stereocenters. The summed E-state index contributed by atoms with van der Waals surface area (Å²) in [5, 5.41) is 12.6. The lowest BCUT2D eigenvalue weighted by Gasteiger charge is -2.22. The van der Waals surface area contributed by atoms with Crippen molar-refractivity contribution in [2.45, 2.75) is 31.1 Å². The molecule has 7 heteroatoms. The van der Waals surface area contributed by atoms with Crippen LogP contribution in [-0.2, 0) is 6.54 Å². The normalized spacial score (nSPS) is 20.4. The van der Waals surface area contributed by atoms with E-state index in [1.165, 1.54) is 18.5 Å². The second kappa shape index (κ2) is 7.04. The number of urea groups is 1. The largest absolute Gasteiger partial charge is 0.337 e. The first-order valence-corrected chi connectivity index (χ1v) is 8.74.